The maximum atomic E-state index is 12.5. The van der Waals surface area contributed by atoms with Crippen molar-refractivity contribution in [1.82, 2.24) is 5.16 Å². The molecule has 0 spiro atoms. The van der Waals surface area contributed by atoms with Crippen LogP contribution in [0.15, 0.2) is 4.52 Å². The van der Waals surface area contributed by atoms with Gasteiger partial charge in [-0.05, 0) is 5.16 Å². The minimum absolute atomic E-state index is 0.0162. The molecule has 0 N–H and O–H groups in total. The molecule has 1 aromatic rings. The number of halogens is 2. The molecular weight excluding hydrogens is 169 g/mol. The second kappa shape index (κ2) is 2.48. The van der Waals surface area contributed by atoms with Gasteiger partial charge in [0.05, 0.1) is 0 Å². The van der Waals surface area contributed by atoms with Crippen molar-refractivity contribution in [2.24, 2.45) is 0 Å². The highest BCUT2D eigenvalue weighted by Gasteiger charge is 2.25. The van der Waals surface area contributed by atoms with Crippen molar-refractivity contribution < 1.29 is 8.91 Å². The van der Waals surface area contributed by atoms with Crippen molar-refractivity contribution in [3.05, 3.63) is 16.7 Å². The average Bonchev–Trinajstić information content (AvgIpc) is 2.11. The summed E-state index contributed by atoms with van der Waals surface area (Å²) in [5.74, 6) is -0.353. The predicted octanol–water partition coefficient (Wildman–Crippen LogP) is 2.76. The van der Waals surface area contributed by atoms with Gasteiger partial charge >= 0.3 is 0 Å². The van der Waals surface area contributed by atoms with Gasteiger partial charge < -0.3 is 4.52 Å². The maximum Gasteiger partial charge on any atom is 0.272 e. The summed E-state index contributed by atoms with van der Waals surface area (Å²) >= 11 is 5.56. The summed E-state index contributed by atoms with van der Waals surface area (Å²) in [6, 6.07) is 0. The predicted molar refractivity (Wildman–Crippen MR) is 40.2 cm³/mol. The molecule has 0 aliphatic heterocycles. The molecule has 1 heterocycles. The molecule has 11 heavy (non-hydrogen) atoms. The van der Waals surface area contributed by atoms with E-state index < -0.39 is 5.95 Å². The van der Waals surface area contributed by atoms with Crippen LogP contribution in [0.25, 0.3) is 0 Å². The lowest BCUT2D eigenvalue weighted by atomic mass is 9.93. The molecule has 0 aliphatic rings. The molecule has 0 fully saturated rings. The van der Waals surface area contributed by atoms with Crippen LogP contribution in [0.4, 0.5) is 4.39 Å². The summed E-state index contributed by atoms with van der Waals surface area (Å²) in [4.78, 5) is 0. The number of aromatic nitrogens is 1. The SMILES string of the molecule is CC(C)(C)c1onc(F)c1Cl. The van der Waals surface area contributed by atoms with Gasteiger partial charge in [0.2, 0.25) is 0 Å². The summed E-state index contributed by atoms with van der Waals surface area (Å²) < 4.78 is 17.2. The topological polar surface area (TPSA) is 26.0 Å². The number of nitrogens with zero attached hydrogens (tertiary/aromatic N) is 1. The van der Waals surface area contributed by atoms with E-state index in [4.69, 9.17) is 16.1 Å². The Morgan fingerprint density at radius 1 is 1.45 bits per heavy atom. The van der Waals surface area contributed by atoms with Gasteiger partial charge in [-0.15, -0.1) is 0 Å². The first kappa shape index (κ1) is 8.53. The fourth-order valence-electron chi connectivity index (χ4n) is 0.726. The van der Waals surface area contributed by atoms with Crippen LogP contribution in [0.1, 0.15) is 26.5 Å². The van der Waals surface area contributed by atoms with E-state index in [1.807, 2.05) is 20.8 Å². The minimum Gasteiger partial charge on any atom is -0.356 e. The van der Waals surface area contributed by atoms with Gasteiger partial charge in [-0.25, -0.2) is 0 Å². The lowest BCUT2D eigenvalue weighted by molar-refractivity contribution is 0.311. The average molecular weight is 178 g/mol. The van der Waals surface area contributed by atoms with Gasteiger partial charge in [0, 0.05) is 5.41 Å². The summed E-state index contributed by atoms with van der Waals surface area (Å²) in [6.07, 6.45) is 0. The van der Waals surface area contributed by atoms with Crippen molar-refractivity contribution in [2.45, 2.75) is 26.2 Å². The molecule has 0 saturated carbocycles. The Bertz CT molecular complexity index is 264. The van der Waals surface area contributed by atoms with Gasteiger partial charge in [-0.2, -0.15) is 4.39 Å². The van der Waals surface area contributed by atoms with E-state index in [9.17, 15) is 4.39 Å². The second-order valence-electron chi connectivity index (χ2n) is 3.37. The third kappa shape index (κ3) is 1.53. The van der Waals surface area contributed by atoms with E-state index in [1.165, 1.54) is 0 Å². The van der Waals surface area contributed by atoms with Crippen LogP contribution >= 0.6 is 11.6 Å². The third-order valence-corrected chi connectivity index (χ3v) is 1.61. The molecule has 62 valence electrons. The van der Waals surface area contributed by atoms with E-state index in [-0.39, 0.29) is 10.4 Å². The summed E-state index contributed by atoms with van der Waals surface area (Å²) in [7, 11) is 0. The summed E-state index contributed by atoms with van der Waals surface area (Å²) in [5.41, 5.74) is -0.297. The molecule has 0 aliphatic carbocycles. The quantitative estimate of drug-likeness (QED) is 0.609. The van der Waals surface area contributed by atoms with Gasteiger partial charge in [0.25, 0.3) is 5.95 Å². The number of hydrogen-bond donors (Lipinski definition) is 0. The zero-order valence-corrected chi connectivity index (χ0v) is 7.37. The van der Waals surface area contributed by atoms with Crippen molar-refractivity contribution in [3.8, 4) is 0 Å². The molecular formula is C7H9ClFNO. The van der Waals surface area contributed by atoms with E-state index in [2.05, 4.69) is 5.16 Å². The number of rotatable bonds is 0. The number of hydrogen-bond acceptors (Lipinski definition) is 2. The largest absolute Gasteiger partial charge is 0.356 e. The second-order valence-corrected chi connectivity index (χ2v) is 3.74. The standard InChI is InChI=1S/C7H9ClFNO/c1-7(2,3)5-4(8)6(9)10-11-5/h1-3H3. The Balaban J connectivity index is 3.15. The molecule has 0 amide bonds. The van der Waals surface area contributed by atoms with Crippen molar-refractivity contribution >= 4 is 11.6 Å². The first-order valence-electron chi connectivity index (χ1n) is 3.24. The van der Waals surface area contributed by atoms with E-state index in [1.54, 1.807) is 0 Å². The molecule has 2 nitrogen and oxygen atoms in total. The smallest absolute Gasteiger partial charge is 0.272 e. The van der Waals surface area contributed by atoms with Gasteiger partial charge in [-0.3, -0.25) is 0 Å². The molecule has 1 rings (SSSR count). The van der Waals surface area contributed by atoms with Gasteiger partial charge in [0.1, 0.15) is 5.02 Å². The summed E-state index contributed by atoms with van der Waals surface area (Å²) in [5, 5.41) is 3.09. The molecule has 0 radical (unpaired) electrons. The molecule has 1 aromatic heterocycles. The fraction of sp³-hybridized carbons (Fsp3) is 0.571. The fourth-order valence-corrected chi connectivity index (χ4v) is 1.08. The molecule has 0 aromatic carbocycles. The van der Waals surface area contributed by atoms with E-state index in [0.29, 0.717) is 5.76 Å². The van der Waals surface area contributed by atoms with E-state index in [0.717, 1.165) is 0 Å². The summed E-state index contributed by atoms with van der Waals surface area (Å²) in [6.45, 7) is 5.62. The Hall–Kier alpha value is -0.570. The van der Waals surface area contributed by atoms with Crippen LogP contribution in [0.5, 0.6) is 0 Å². The van der Waals surface area contributed by atoms with Crippen LogP contribution in [0.2, 0.25) is 5.02 Å². The molecule has 0 unspecified atom stereocenters. The lowest BCUT2D eigenvalue weighted by Crippen LogP contribution is -2.10. The maximum absolute atomic E-state index is 12.5. The van der Waals surface area contributed by atoms with Gasteiger partial charge in [0.15, 0.2) is 5.76 Å². The van der Waals surface area contributed by atoms with Gasteiger partial charge in [-0.1, -0.05) is 32.4 Å². The van der Waals surface area contributed by atoms with Crippen LogP contribution in [0.3, 0.4) is 0 Å². The first-order chi connectivity index (χ1) is 4.93. The van der Waals surface area contributed by atoms with Crippen LogP contribution in [-0.4, -0.2) is 5.16 Å². The first-order valence-corrected chi connectivity index (χ1v) is 3.62. The van der Waals surface area contributed by atoms with Crippen molar-refractivity contribution in [1.29, 1.82) is 0 Å². The normalized spacial score (nSPS) is 12.1. The highest BCUT2D eigenvalue weighted by atomic mass is 35.5. The molecule has 4 heteroatoms. The van der Waals surface area contributed by atoms with Crippen LogP contribution < -0.4 is 0 Å². The Morgan fingerprint density at radius 3 is 2.18 bits per heavy atom. The highest BCUT2D eigenvalue weighted by Crippen LogP contribution is 2.30. The van der Waals surface area contributed by atoms with Crippen molar-refractivity contribution in [3.63, 3.8) is 0 Å². The van der Waals surface area contributed by atoms with Crippen LogP contribution in [-0.2, 0) is 5.41 Å². The monoisotopic (exact) mass is 177 g/mol. The lowest BCUT2D eigenvalue weighted by Gasteiger charge is -2.12. The Kier molecular flexibility index (Phi) is 1.92. The molecule has 0 saturated heterocycles. The minimum atomic E-state index is -0.739. The Morgan fingerprint density at radius 2 is 2.00 bits per heavy atom. The van der Waals surface area contributed by atoms with Crippen molar-refractivity contribution in [2.75, 3.05) is 0 Å². The van der Waals surface area contributed by atoms with E-state index >= 15 is 0 Å². The Labute approximate surface area is 69.3 Å². The third-order valence-electron chi connectivity index (χ3n) is 1.28. The highest BCUT2D eigenvalue weighted by molar-refractivity contribution is 6.31. The molecule has 0 bridgehead atoms. The van der Waals surface area contributed by atoms with Crippen LogP contribution in [0, 0.1) is 5.95 Å². The molecule has 0 atom stereocenters. The zero-order valence-electron chi connectivity index (χ0n) is 6.61. The zero-order chi connectivity index (χ0) is 8.65.